The molecule has 1 aliphatic heterocycles. The second-order valence-corrected chi connectivity index (χ2v) is 23.7. The first kappa shape index (κ1) is 64.8. The van der Waals surface area contributed by atoms with E-state index in [2.05, 4.69) is 47.2 Å². The number of pyridine rings is 1. The Morgan fingerprint density at radius 2 is 1.34 bits per heavy atom. The van der Waals surface area contributed by atoms with Crippen molar-refractivity contribution >= 4 is 91.3 Å². The molecule has 85 heavy (non-hydrogen) atoms. The van der Waals surface area contributed by atoms with Gasteiger partial charge in [-0.2, -0.15) is 0 Å². The monoisotopic (exact) mass is 1220 g/mol. The smallest absolute Gasteiger partial charge is 0.245 e. The molecule has 0 aliphatic carbocycles. The molecule has 2 aromatic heterocycles. The number of carbonyl (C=O) groups excluding carboxylic acids is 8. The molecule has 450 valence electrons. The molecule has 1 unspecified atom stereocenters. The van der Waals surface area contributed by atoms with E-state index in [9.17, 15) is 33.9 Å². The molecule has 6 aromatic rings. The summed E-state index contributed by atoms with van der Waals surface area (Å²) in [5, 5.41) is 31.9. The molecule has 9 atom stereocenters. The van der Waals surface area contributed by atoms with E-state index in [0.29, 0.717) is 45.7 Å². The summed E-state index contributed by atoms with van der Waals surface area (Å²) in [6.45, 7) is 1.53. The van der Waals surface area contributed by atoms with Crippen molar-refractivity contribution in [1.82, 2.24) is 52.1 Å². The predicted octanol–water partition coefficient (Wildman–Crippen LogP) is 2.79. The standard InChI is InChI=1S/C61H73ClN12O9S2/c1-36(75)52-60(82)71-49(57(79)73-53(59(81)65-2)51(39-16-6-4-7-17-39)40-18-8-5-9-19-40)34-84-85-35-50(74(3)61(83)44(64)29-37-23-25-42(62)26-24-37)58(80)70-47(30-38-15-14-28-66-32-38)55(77)69-48(31-41-33-67-45-21-11-10-20-43(41)45)56(78)68-46(54(76)72-52)22-12-13-27-63/h4-11,14-21,23-26,28,32-33,36,44,46-53,67,75H,12-13,22,27,29-31,34-35,63-64H2,1-3H3,(H,65,81)(H,68,78)(H,69,77)(H,70,80)(H,71,82)(H,72,76)(H,73,79)/t36-,44?,46-,47-,48+,49-,50+,52+,53-/m0/s1. The number of unbranched alkanes of at least 4 members (excludes halogenated alkanes) is 1. The molecular formula is C61H73ClN12O9S2. The van der Waals surface area contributed by atoms with Gasteiger partial charge in [0.2, 0.25) is 47.3 Å². The molecule has 0 spiro atoms. The van der Waals surface area contributed by atoms with Crippen LogP contribution in [0.15, 0.2) is 140 Å². The van der Waals surface area contributed by atoms with Crippen LogP contribution in [0.4, 0.5) is 0 Å². The van der Waals surface area contributed by atoms with E-state index in [1.807, 2.05) is 60.7 Å². The molecule has 0 bridgehead atoms. The van der Waals surface area contributed by atoms with Crippen molar-refractivity contribution < 1.29 is 43.5 Å². The average Bonchev–Trinajstić information content (AvgIpc) is 4.05. The summed E-state index contributed by atoms with van der Waals surface area (Å²) in [4.78, 5) is 126. The van der Waals surface area contributed by atoms with Crippen LogP contribution in [0.5, 0.6) is 0 Å². The van der Waals surface area contributed by atoms with Gasteiger partial charge >= 0.3 is 0 Å². The average molecular weight is 1220 g/mol. The van der Waals surface area contributed by atoms with Gasteiger partial charge in [-0.15, -0.1) is 0 Å². The number of carbonyl (C=O) groups is 8. The van der Waals surface area contributed by atoms with Crippen LogP contribution in [0.2, 0.25) is 5.02 Å². The molecule has 3 heterocycles. The number of aromatic nitrogens is 2. The number of amides is 8. The van der Waals surface area contributed by atoms with E-state index < -0.39 is 108 Å². The maximum Gasteiger partial charge on any atom is 0.245 e. The summed E-state index contributed by atoms with van der Waals surface area (Å²) >= 11 is 6.15. The number of nitrogens with two attached hydrogens (primary N) is 2. The van der Waals surface area contributed by atoms with Crippen molar-refractivity contribution in [3.8, 4) is 0 Å². The van der Waals surface area contributed by atoms with Crippen LogP contribution in [-0.4, -0.2) is 154 Å². The van der Waals surface area contributed by atoms with Gasteiger partial charge in [-0.1, -0.05) is 130 Å². The van der Waals surface area contributed by atoms with Crippen LogP contribution in [0, 0.1) is 0 Å². The van der Waals surface area contributed by atoms with E-state index in [4.69, 9.17) is 23.1 Å². The van der Waals surface area contributed by atoms with Crippen LogP contribution >= 0.6 is 33.2 Å². The molecule has 1 aliphatic rings. The van der Waals surface area contributed by atoms with Crippen LogP contribution in [0.1, 0.15) is 59.9 Å². The van der Waals surface area contributed by atoms with E-state index in [1.54, 1.807) is 73.1 Å². The van der Waals surface area contributed by atoms with Crippen molar-refractivity contribution in [2.75, 3.05) is 32.1 Å². The topological polar surface area (TPSA) is 325 Å². The van der Waals surface area contributed by atoms with Crippen molar-refractivity contribution in [3.63, 3.8) is 0 Å². The highest BCUT2D eigenvalue weighted by molar-refractivity contribution is 8.76. The van der Waals surface area contributed by atoms with E-state index in [0.717, 1.165) is 32.5 Å². The Morgan fingerprint density at radius 1 is 0.729 bits per heavy atom. The van der Waals surface area contributed by atoms with Crippen molar-refractivity contribution in [2.45, 2.75) is 106 Å². The maximum atomic E-state index is 15.1. The van der Waals surface area contributed by atoms with Crippen molar-refractivity contribution in [1.29, 1.82) is 0 Å². The summed E-state index contributed by atoms with van der Waals surface area (Å²) in [6, 6.07) is 24.6. The molecule has 1 fully saturated rings. The number of nitrogens with zero attached hydrogens (tertiary/aromatic N) is 2. The van der Waals surface area contributed by atoms with Gasteiger partial charge in [0.1, 0.15) is 42.3 Å². The molecule has 24 heteroatoms. The molecule has 21 nitrogen and oxygen atoms in total. The minimum absolute atomic E-state index is 0.0110. The third-order valence-corrected chi connectivity index (χ3v) is 17.3. The summed E-state index contributed by atoms with van der Waals surface area (Å²) in [6.07, 6.45) is 3.84. The summed E-state index contributed by atoms with van der Waals surface area (Å²) < 4.78 is 0. The normalized spacial score (nSPS) is 20.5. The van der Waals surface area contributed by atoms with Crippen molar-refractivity contribution in [3.05, 3.63) is 173 Å². The van der Waals surface area contributed by atoms with Crippen molar-refractivity contribution in [2.24, 2.45) is 11.5 Å². The number of nitrogens with one attached hydrogen (secondary N) is 8. The molecule has 13 N–H and O–H groups in total. The predicted molar refractivity (Wildman–Crippen MR) is 330 cm³/mol. The van der Waals surface area contributed by atoms with E-state index in [-0.39, 0.29) is 43.7 Å². The van der Waals surface area contributed by atoms with Gasteiger partial charge in [0.05, 0.1) is 12.1 Å². The molecule has 1 saturated heterocycles. The SMILES string of the molecule is CNC(=O)[C@@H](NC(=O)[C@@H]1CSSC[C@@H](N(C)C(=O)C(N)Cc2ccc(Cl)cc2)C(=O)N[C@@H](Cc2cccnc2)C(=O)N[C@H](Cc2c[nH]c3ccccc23)C(=O)N[C@@H](CCCCN)C(=O)N[C@H]([C@H](C)O)C(=O)N1)C(c1ccccc1)c1ccccc1. The van der Waals surface area contributed by atoms with Crippen LogP contribution in [0.25, 0.3) is 10.9 Å². The quantitative estimate of drug-likeness (QED) is 0.0411. The molecule has 7 rings (SSSR count). The Labute approximate surface area is 506 Å². The summed E-state index contributed by atoms with van der Waals surface area (Å²) in [5.74, 6) is -7.38. The number of H-pyrrole nitrogens is 1. The highest BCUT2D eigenvalue weighted by Gasteiger charge is 2.39. The number of likely N-dealkylation sites (N-methyl/N-ethyl adjacent to an activating group) is 2. The number of hydrogen-bond donors (Lipinski definition) is 11. The number of benzene rings is 4. The Kier molecular flexibility index (Phi) is 24.3. The van der Waals surface area contributed by atoms with E-state index >= 15 is 9.59 Å². The second-order valence-electron chi connectivity index (χ2n) is 20.8. The lowest BCUT2D eigenvalue weighted by Crippen LogP contribution is -2.62. The first-order valence-corrected chi connectivity index (χ1v) is 30.8. The lowest BCUT2D eigenvalue weighted by molar-refractivity contribution is -0.140. The highest BCUT2D eigenvalue weighted by Crippen LogP contribution is 2.30. The fraction of sp³-hybridized carbons (Fsp3) is 0.361. The zero-order valence-corrected chi connectivity index (χ0v) is 49.8. The lowest BCUT2D eigenvalue weighted by Gasteiger charge is -2.32. The molecule has 4 aromatic carbocycles. The Bertz CT molecular complexity index is 3180. The Hall–Kier alpha value is -7.80. The largest absolute Gasteiger partial charge is 0.391 e. The second kappa shape index (κ2) is 31.9. The number of fused-ring (bicyclic) bond motifs is 1. The molecular weight excluding hydrogens is 1140 g/mol. The number of hydrogen-bond acceptors (Lipinski definition) is 14. The Balaban J connectivity index is 1.30. The Morgan fingerprint density at radius 3 is 1.98 bits per heavy atom. The number of aliphatic hydroxyl groups is 1. The molecule has 0 saturated carbocycles. The highest BCUT2D eigenvalue weighted by atomic mass is 35.5. The maximum absolute atomic E-state index is 15.1. The summed E-state index contributed by atoms with van der Waals surface area (Å²) in [5.41, 5.74) is 16.5. The van der Waals surface area contributed by atoms with Crippen LogP contribution in [0.3, 0.4) is 0 Å². The van der Waals surface area contributed by atoms with Gasteiger partial charge in [-0.25, -0.2) is 0 Å². The number of rotatable bonds is 19. The minimum atomic E-state index is -1.71. The minimum Gasteiger partial charge on any atom is -0.391 e. The van der Waals surface area contributed by atoms with Crippen LogP contribution in [-0.2, 0) is 57.6 Å². The van der Waals surface area contributed by atoms with Crippen LogP contribution < -0.4 is 48.7 Å². The van der Waals surface area contributed by atoms with Gasteiger partial charge in [-0.3, -0.25) is 43.3 Å². The number of para-hydroxylation sites is 1. The number of aliphatic hydroxyl groups excluding tert-OH is 1. The third-order valence-electron chi connectivity index (χ3n) is 14.6. The lowest BCUT2D eigenvalue weighted by atomic mass is 9.84. The van der Waals surface area contributed by atoms with Gasteiger partial charge in [0, 0.05) is 78.9 Å². The fourth-order valence-electron chi connectivity index (χ4n) is 9.95. The number of halogens is 1. The zero-order chi connectivity index (χ0) is 61.0. The van der Waals surface area contributed by atoms with E-state index in [1.165, 1.54) is 32.1 Å². The first-order chi connectivity index (χ1) is 41.0. The first-order valence-electron chi connectivity index (χ1n) is 27.9. The molecule has 0 radical (unpaired) electrons. The van der Waals surface area contributed by atoms with Gasteiger partial charge < -0.3 is 63.7 Å². The van der Waals surface area contributed by atoms with Gasteiger partial charge in [0.15, 0.2) is 0 Å². The molecule has 8 amide bonds. The third kappa shape index (κ3) is 18.1. The number of aromatic amines is 1. The van der Waals surface area contributed by atoms with Gasteiger partial charge in [0.25, 0.3) is 0 Å². The summed E-state index contributed by atoms with van der Waals surface area (Å²) in [7, 11) is 4.94. The van der Waals surface area contributed by atoms with Gasteiger partial charge in [-0.05, 0) is 91.2 Å². The zero-order valence-electron chi connectivity index (χ0n) is 47.4. The fourth-order valence-corrected chi connectivity index (χ4v) is 12.5.